The zero-order chi connectivity index (χ0) is 14.8. The van der Waals surface area contributed by atoms with E-state index in [2.05, 4.69) is 111 Å². The Hall–Kier alpha value is -1.30. The molecule has 0 saturated heterocycles. The van der Waals surface area contributed by atoms with Crippen molar-refractivity contribution in [2.45, 2.75) is 5.71 Å². The fraction of sp³-hybridized carbons (Fsp3) is 0.0526. The molecule has 0 bridgehead atoms. The second-order valence-corrected chi connectivity index (χ2v) is 23.9. The van der Waals surface area contributed by atoms with E-state index >= 15 is 0 Å². The summed E-state index contributed by atoms with van der Waals surface area (Å²) in [4.78, 5) is 0. The van der Waals surface area contributed by atoms with E-state index in [9.17, 15) is 0 Å². The Kier molecular flexibility index (Phi) is 3.82. The fourth-order valence-electron chi connectivity index (χ4n) is 2.79. The van der Waals surface area contributed by atoms with Gasteiger partial charge in [0.15, 0.2) is 0 Å². The van der Waals surface area contributed by atoms with Gasteiger partial charge in [0.1, 0.15) is 0 Å². The summed E-state index contributed by atoms with van der Waals surface area (Å²) in [5.74, 6) is 0. The third-order valence-corrected chi connectivity index (χ3v) is 20.1. The molecule has 0 aliphatic rings. The predicted molar refractivity (Wildman–Crippen MR) is 98.8 cm³/mol. The summed E-state index contributed by atoms with van der Waals surface area (Å²) in [5, 5.41) is 0. The molecule has 0 heterocycles. The molecule has 0 fully saturated rings. The van der Waals surface area contributed by atoms with Gasteiger partial charge in [-0.05, 0) is 0 Å². The van der Waals surface area contributed by atoms with Crippen LogP contribution in [0.5, 0.6) is 0 Å². The molecule has 0 aromatic heterocycles. The molecule has 0 saturated carbocycles. The monoisotopic (exact) mass is 400 g/mol. The number of hydrogen-bond acceptors (Lipinski definition) is 0. The quantitative estimate of drug-likeness (QED) is 0.589. The summed E-state index contributed by atoms with van der Waals surface area (Å²) in [6, 6.07) is 32.5. The second-order valence-electron chi connectivity index (χ2n) is 5.44. The van der Waals surface area contributed by atoms with Gasteiger partial charge < -0.3 is 0 Å². The minimum absolute atomic E-state index is 1.40. The van der Waals surface area contributed by atoms with E-state index in [1.807, 2.05) is 0 Å². The van der Waals surface area contributed by atoms with Crippen molar-refractivity contribution in [3.63, 3.8) is 0 Å². The van der Waals surface area contributed by atoms with E-state index in [4.69, 9.17) is 0 Å². The van der Waals surface area contributed by atoms with E-state index in [0.717, 1.165) is 0 Å². The maximum absolute atomic E-state index is 4.29. The first-order chi connectivity index (χ1) is 10.1. The third-order valence-electron chi connectivity index (χ3n) is 4.11. The SMILES string of the molecule is C[As](Br)(c1ccccc1)(c1ccccc1)c1ccccc1. The van der Waals surface area contributed by atoms with Crippen molar-refractivity contribution < 1.29 is 0 Å². The average molecular weight is 401 g/mol. The van der Waals surface area contributed by atoms with Gasteiger partial charge >= 0.3 is 134 Å². The maximum atomic E-state index is 4.29. The summed E-state index contributed by atoms with van der Waals surface area (Å²) < 4.78 is 4.19. The molecule has 3 aromatic rings. The summed E-state index contributed by atoms with van der Waals surface area (Å²) >= 11 is 4.29. The molecule has 0 N–H and O–H groups in total. The van der Waals surface area contributed by atoms with Crippen LogP contribution in [0, 0.1) is 0 Å². The van der Waals surface area contributed by atoms with Crippen LogP contribution in [0.25, 0.3) is 0 Å². The van der Waals surface area contributed by atoms with Crippen LogP contribution in [0.2, 0.25) is 5.71 Å². The van der Waals surface area contributed by atoms with Crippen molar-refractivity contribution in [3.05, 3.63) is 91.0 Å². The summed E-state index contributed by atoms with van der Waals surface area (Å²) in [6.07, 6.45) is 0. The normalized spacial score (nSPS) is 13.3. The van der Waals surface area contributed by atoms with Crippen molar-refractivity contribution in [2.75, 3.05) is 0 Å². The zero-order valence-corrected chi connectivity index (χ0v) is 15.4. The molecule has 21 heavy (non-hydrogen) atoms. The number of rotatable bonds is 3. The van der Waals surface area contributed by atoms with Crippen LogP contribution >= 0.6 is 13.9 Å². The molecule has 3 rings (SSSR count). The van der Waals surface area contributed by atoms with E-state index in [-0.39, 0.29) is 0 Å². The Morgan fingerprint density at radius 2 is 0.762 bits per heavy atom. The topological polar surface area (TPSA) is 0 Å². The molecule has 0 unspecified atom stereocenters. The standard InChI is InChI=1S/C19H18AsBr/c1-20(21,17-11-5-2-6-12-17,18-13-7-3-8-14-18)19-15-9-4-10-16-19/h2-16H,1H3. The Morgan fingerprint density at radius 1 is 0.524 bits per heavy atom. The van der Waals surface area contributed by atoms with Gasteiger partial charge in [-0.2, -0.15) is 0 Å². The number of halogens is 1. The van der Waals surface area contributed by atoms with Crippen LogP contribution in [-0.2, 0) is 0 Å². The molecule has 0 spiro atoms. The minimum atomic E-state index is -3.23. The van der Waals surface area contributed by atoms with Crippen LogP contribution in [0.4, 0.5) is 0 Å². The molecule has 106 valence electrons. The molecule has 0 atom stereocenters. The molecule has 2 heteroatoms. The Labute approximate surface area is 134 Å². The van der Waals surface area contributed by atoms with Gasteiger partial charge in [0.25, 0.3) is 0 Å². The second kappa shape index (κ2) is 5.48. The molecule has 0 radical (unpaired) electrons. The molecule has 3 aromatic carbocycles. The summed E-state index contributed by atoms with van der Waals surface area (Å²) in [6.45, 7) is 0. The van der Waals surface area contributed by atoms with Crippen molar-refractivity contribution >= 4 is 37.6 Å². The van der Waals surface area contributed by atoms with Gasteiger partial charge in [-0.3, -0.25) is 0 Å². The predicted octanol–water partition coefficient (Wildman–Crippen LogP) is 3.63. The van der Waals surface area contributed by atoms with E-state index in [0.29, 0.717) is 0 Å². The fourth-order valence-corrected chi connectivity index (χ4v) is 13.9. The van der Waals surface area contributed by atoms with Gasteiger partial charge in [0.2, 0.25) is 0 Å². The van der Waals surface area contributed by atoms with Crippen LogP contribution in [0.15, 0.2) is 91.0 Å². The Morgan fingerprint density at radius 3 is 1.00 bits per heavy atom. The first-order valence-corrected chi connectivity index (χ1v) is 16.1. The molecule has 0 nitrogen and oxygen atoms in total. The first kappa shape index (κ1) is 14.6. The third kappa shape index (κ3) is 2.39. The Bertz CT molecular complexity index is 618. The van der Waals surface area contributed by atoms with Gasteiger partial charge in [0, 0.05) is 0 Å². The molecule has 0 aliphatic heterocycles. The number of benzene rings is 3. The van der Waals surface area contributed by atoms with Gasteiger partial charge in [0.05, 0.1) is 0 Å². The summed E-state index contributed by atoms with van der Waals surface area (Å²) in [5.41, 5.74) is 2.42. The molecule has 0 aliphatic carbocycles. The van der Waals surface area contributed by atoms with Gasteiger partial charge in [-0.1, -0.05) is 0 Å². The van der Waals surface area contributed by atoms with E-state index in [1.54, 1.807) is 0 Å². The molecule has 0 amide bonds. The van der Waals surface area contributed by atoms with E-state index in [1.165, 1.54) is 13.1 Å². The van der Waals surface area contributed by atoms with E-state index < -0.39 is 10.6 Å². The first-order valence-electron chi connectivity index (χ1n) is 7.02. The van der Waals surface area contributed by atoms with Crippen LogP contribution in [0.3, 0.4) is 0 Å². The summed E-state index contributed by atoms with van der Waals surface area (Å²) in [7, 11) is -3.23. The molecular formula is C19H18AsBr. The van der Waals surface area contributed by atoms with Crippen molar-refractivity contribution in [3.8, 4) is 0 Å². The molecular weight excluding hydrogens is 383 g/mol. The van der Waals surface area contributed by atoms with Gasteiger partial charge in [-0.25, -0.2) is 0 Å². The van der Waals surface area contributed by atoms with Crippen LogP contribution in [0.1, 0.15) is 0 Å². The van der Waals surface area contributed by atoms with Crippen molar-refractivity contribution in [2.24, 2.45) is 0 Å². The van der Waals surface area contributed by atoms with Crippen molar-refractivity contribution in [1.29, 1.82) is 0 Å². The Balaban J connectivity index is 2.36. The van der Waals surface area contributed by atoms with Crippen LogP contribution in [-0.4, -0.2) is 10.6 Å². The zero-order valence-electron chi connectivity index (χ0n) is 12.0. The van der Waals surface area contributed by atoms with Crippen molar-refractivity contribution in [1.82, 2.24) is 0 Å². The van der Waals surface area contributed by atoms with Gasteiger partial charge in [-0.15, -0.1) is 0 Å². The van der Waals surface area contributed by atoms with Crippen LogP contribution < -0.4 is 13.1 Å². The average Bonchev–Trinajstić information content (AvgIpc) is 2.57. The number of hydrogen-bond donors (Lipinski definition) is 0.